The van der Waals surface area contributed by atoms with Crippen LogP contribution < -0.4 is 10.2 Å². The molecule has 150 valence electrons. The Labute approximate surface area is 173 Å². The predicted molar refractivity (Wildman–Crippen MR) is 115 cm³/mol. The number of hydrogen-bond acceptors (Lipinski definition) is 5. The van der Waals surface area contributed by atoms with Crippen molar-refractivity contribution in [2.75, 3.05) is 6.61 Å². The second kappa shape index (κ2) is 8.66. The molecule has 4 aromatic rings. The Bertz CT molecular complexity index is 1240. The van der Waals surface area contributed by atoms with Crippen molar-refractivity contribution in [3.05, 3.63) is 100 Å². The van der Waals surface area contributed by atoms with Crippen LogP contribution in [0.2, 0.25) is 0 Å². The zero-order valence-electron chi connectivity index (χ0n) is 16.5. The van der Waals surface area contributed by atoms with E-state index < -0.39 is 5.97 Å². The number of ether oxygens (including phenoxy) is 2. The fourth-order valence-corrected chi connectivity index (χ4v) is 3.17. The molecule has 0 fully saturated rings. The maximum Gasteiger partial charge on any atom is 0.341 e. The van der Waals surface area contributed by atoms with Crippen LogP contribution in [0.15, 0.2) is 88.1 Å². The van der Waals surface area contributed by atoms with Gasteiger partial charge in [-0.05, 0) is 36.8 Å². The molecule has 4 rings (SSSR count). The maximum absolute atomic E-state index is 12.7. The maximum atomic E-state index is 12.7. The van der Waals surface area contributed by atoms with Crippen LogP contribution in [0.4, 0.5) is 0 Å². The molecule has 0 bridgehead atoms. The Morgan fingerprint density at radius 3 is 2.53 bits per heavy atom. The van der Waals surface area contributed by atoms with Crippen LogP contribution in [0, 0.1) is 0 Å². The van der Waals surface area contributed by atoms with Gasteiger partial charge in [-0.2, -0.15) is 0 Å². The molecule has 1 aromatic heterocycles. The van der Waals surface area contributed by atoms with E-state index in [4.69, 9.17) is 13.9 Å². The summed E-state index contributed by atoms with van der Waals surface area (Å²) in [6.07, 6.45) is 0. The van der Waals surface area contributed by atoms with Gasteiger partial charge in [0.2, 0.25) is 0 Å². The molecular weight excluding hydrogens is 380 g/mol. The number of hydrogen-bond donors (Lipinski definition) is 0. The number of esters is 1. The van der Waals surface area contributed by atoms with Crippen molar-refractivity contribution in [3.63, 3.8) is 0 Å². The summed E-state index contributed by atoms with van der Waals surface area (Å²) in [5.41, 5.74) is 1.95. The molecule has 0 radical (unpaired) electrons. The molecule has 0 atom stereocenters. The molecule has 5 heteroatoms. The highest BCUT2D eigenvalue weighted by Crippen LogP contribution is 2.27. The van der Waals surface area contributed by atoms with Gasteiger partial charge in [-0.15, -0.1) is 0 Å². The highest BCUT2D eigenvalue weighted by molar-refractivity contribution is 6.02. The van der Waals surface area contributed by atoms with Crippen LogP contribution in [0.25, 0.3) is 22.3 Å². The van der Waals surface area contributed by atoms with Gasteiger partial charge in [-0.3, -0.25) is 4.79 Å². The van der Waals surface area contributed by atoms with Crippen LogP contribution in [0.1, 0.15) is 22.8 Å². The summed E-state index contributed by atoms with van der Waals surface area (Å²) in [7, 11) is 0. The third-order valence-corrected chi connectivity index (χ3v) is 4.62. The second-order valence-electron chi connectivity index (χ2n) is 6.68. The molecule has 0 aliphatic rings. The van der Waals surface area contributed by atoms with Gasteiger partial charge in [0, 0.05) is 11.6 Å². The van der Waals surface area contributed by atoms with Gasteiger partial charge in [0.1, 0.15) is 23.7 Å². The van der Waals surface area contributed by atoms with Crippen molar-refractivity contribution in [3.8, 4) is 17.1 Å². The minimum Gasteiger partial charge on any atom is -0.489 e. The van der Waals surface area contributed by atoms with Crippen molar-refractivity contribution in [1.29, 1.82) is 0 Å². The summed E-state index contributed by atoms with van der Waals surface area (Å²) >= 11 is 0. The van der Waals surface area contributed by atoms with E-state index in [1.807, 2.05) is 48.5 Å². The molecule has 1 heterocycles. The average molecular weight is 400 g/mol. The lowest BCUT2D eigenvalue weighted by Gasteiger charge is -2.10. The summed E-state index contributed by atoms with van der Waals surface area (Å²) in [6.45, 7) is 2.39. The molecule has 0 spiro atoms. The Hall–Kier alpha value is -3.86. The summed E-state index contributed by atoms with van der Waals surface area (Å²) in [5, 5.41) is 0.334. The van der Waals surface area contributed by atoms with Crippen molar-refractivity contribution in [2.24, 2.45) is 0 Å². The van der Waals surface area contributed by atoms with E-state index in [-0.39, 0.29) is 23.2 Å². The minimum atomic E-state index is -0.525. The molecule has 0 unspecified atom stereocenters. The van der Waals surface area contributed by atoms with Crippen LogP contribution >= 0.6 is 0 Å². The normalized spacial score (nSPS) is 10.7. The molecule has 0 aliphatic heterocycles. The standard InChI is InChI=1S/C25H20O5/c1-2-28-25(27)21-13-7-12-20-22(26)15-23(30-24(20)21)18-10-6-11-19(14-18)29-16-17-8-4-3-5-9-17/h3-15H,2,16H2,1H3. The van der Waals surface area contributed by atoms with Gasteiger partial charge < -0.3 is 13.9 Å². The lowest BCUT2D eigenvalue weighted by atomic mass is 10.1. The molecule has 5 nitrogen and oxygen atoms in total. The first-order chi connectivity index (χ1) is 14.7. The summed E-state index contributed by atoms with van der Waals surface area (Å²) < 4.78 is 17.0. The fourth-order valence-electron chi connectivity index (χ4n) is 3.17. The monoisotopic (exact) mass is 400 g/mol. The van der Waals surface area contributed by atoms with Gasteiger partial charge in [0.05, 0.1) is 12.0 Å². The highest BCUT2D eigenvalue weighted by Gasteiger charge is 2.16. The summed E-state index contributed by atoms with van der Waals surface area (Å²) in [5.74, 6) is 0.482. The van der Waals surface area contributed by atoms with E-state index in [1.54, 1.807) is 31.2 Å². The smallest absolute Gasteiger partial charge is 0.341 e. The van der Waals surface area contributed by atoms with E-state index in [0.717, 1.165) is 5.56 Å². The van der Waals surface area contributed by atoms with Crippen molar-refractivity contribution in [1.82, 2.24) is 0 Å². The van der Waals surface area contributed by atoms with E-state index >= 15 is 0 Å². The number of carbonyl (C=O) groups is 1. The predicted octanol–water partition coefficient (Wildman–Crippen LogP) is 5.22. The average Bonchev–Trinajstić information content (AvgIpc) is 2.78. The number of fused-ring (bicyclic) bond motifs is 1. The number of rotatable bonds is 6. The molecule has 3 aromatic carbocycles. The van der Waals surface area contributed by atoms with Crippen molar-refractivity contribution >= 4 is 16.9 Å². The van der Waals surface area contributed by atoms with E-state index in [9.17, 15) is 9.59 Å². The zero-order valence-corrected chi connectivity index (χ0v) is 16.5. The first kappa shape index (κ1) is 19.5. The molecular formula is C25H20O5. The third kappa shape index (κ3) is 4.10. The van der Waals surface area contributed by atoms with Gasteiger partial charge in [0.25, 0.3) is 0 Å². The largest absolute Gasteiger partial charge is 0.489 e. The third-order valence-electron chi connectivity index (χ3n) is 4.62. The zero-order chi connectivity index (χ0) is 20.9. The lowest BCUT2D eigenvalue weighted by Crippen LogP contribution is -2.08. The fraction of sp³-hybridized carbons (Fsp3) is 0.120. The van der Waals surface area contributed by atoms with Gasteiger partial charge in [-0.25, -0.2) is 4.79 Å². The Morgan fingerprint density at radius 2 is 1.73 bits per heavy atom. The topological polar surface area (TPSA) is 65.7 Å². The van der Waals surface area contributed by atoms with Gasteiger partial charge in [0.15, 0.2) is 11.0 Å². The van der Waals surface area contributed by atoms with Crippen molar-refractivity contribution < 1.29 is 18.7 Å². The van der Waals surface area contributed by atoms with Gasteiger partial charge >= 0.3 is 5.97 Å². The number of carbonyl (C=O) groups excluding carboxylic acids is 1. The van der Waals surface area contributed by atoms with Crippen molar-refractivity contribution in [2.45, 2.75) is 13.5 Å². The SMILES string of the molecule is CCOC(=O)c1cccc2c(=O)cc(-c3cccc(OCc4ccccc4)c3)oc12. The highest BCUT2D eigenvalue weighted by atomic mass is 16.5. The summed E-state index contributed by atoms with van der Waals surface area (Å²) in [4.78, 5) is 24.9. The Balaban J connectivity index is 1.70. The molecule has 0 saturated carbocycles. The molecule has 30 heavy (non-hydrogen) atoms. The first-order valence-corrected chi connectivity index (χ1v) is 9.67. The van der Waals surface area contributed by atoms with Crippen LogP contribution in [-0.4, -0.2) is 12.6 Å². The van der Waals surface area contributed by atoms with Crippen LogP contribution in [0.5, 0.6) is 5.75 Å². The Morgan fingerprint density at radius 1 is 0.933 bits per heavy atom. The van der Waals surface area contributed by atoms with E-state index in [2.05, 4.69) is 0 Å². The van der Waals surface area contributed by atoms with Crippen LogP contribution in [-0.2, 0) is 11.3 Å². The number of benzene rings is 3. The molecule has 0 saturated heterocycles. The minimum absolute atomic E-state index is 0.217. The second-order valence-corrected chi connectivity index (χ2v) is 6.68. The Kier molecular flexibility index (Phi) is 5.61. The molecule has 0 aliphatic carbocycles. The quantitative estimate of drug-likeness (QED) is 0.415. The molecule has 0 amide bonds. The number of para-hydroxylation sites is 1. The van der Waals surface area contributed by atoms with Crippen LogP contribution in [0.3, 0.4) is 0 Å². The van der Waals surface area contributed by atoms with Gasteiger partial charge in [-0.1, -0.05) is 48.5 Å². The van der Waals surface area contributed by atoms with E-state index in [0.29, 0.717) is 29.1 Å². The first-order valence-electron chi connectivity index (χ1n) is 9.67. The summed E-state index contributed by atoms with van der Waals surface area (Å²) in [6, 6.07) is 23.4. The lowest BCUT2D eigenvalue weighted by molar-refractivity contribution is 0.0527. The molecule has 0 N–H and O–H groups in total. The van der Waals surface area contributed by atoms with E-state index in [1.165, 1.54) is 6.07 Å².